The molecule has 15 heteroatoms. The molecule has 0 saturated carbocycles. The first kappa shape index (κ1) is 46.6. The average molecular weight is 911 g/mol. The summed E-state index contributed by atoms with van der Waals surface area (Å²) < 4.78 is 25.6. The standard InChI is InChI=1S/C20H17NO4.C17H13NO4.C16H12N2O3/c1-2-12-24-20(23)18-13-16(17-10-6-7-11-21(17)18)19(22)25-14-15-8-4-3-5-9-15;19-16(20)15-10-13(14-8-4-5-9-18(14)15)17(21)22-11-12-6-2-1-3-7-12;19-16(21-11-12-6-2-1-3-7-12)13-10-15(17-20)18-9-5-4-8-14(13)18/h2-11,13H,1,12,14H2;1-10H,11H2,(H,19,20);1-10H,11H2. The van der Waals surface area contributed by atoms with Gasteiger partial charge in [-0.25, -0.2) is 24.0 Å². The smallest absolute Gasteiger partial charge is 0.355 e. The van der Waals surface area contributed by atoms with Gasteiger partial charge in [0.2, 0.25) is 0 Å². The number of aromatic carboxylic acids is 1. The molecule has 6 aromatic heterocycles. The van der Waals surface area contributed by atoms with E-state index in [1.54, 1.807) is 82.0 Å². The summed E-state index contributed by atoms with van der Waals surface area (Å²) in [5.41, 5.74) is 5.57. The maximum Gasteiger partial charge on any atom is 0.355 e. The molecule has 6 heterocycles. The summed E-state index contributed by atoms with van der Waals surface area (Å²) in [6.45, 7) is 4.12. The van der Waals surface area contributed by atoms with Crippen LogP contribution in [0.4, 0.5) is 5.82 Å². The van der Waals surface area contributed by atoms with Gasteiger partial charge in [0.05, 0.1) is 33.2 Å². The second kappa shape index (κ2) is 22.5. The van der Waals surface area contributed by atoms with E-state index in [1.165, 1.54) is 28.7 Å². The number of hydrogen-bond acceptors (Lipinski definition) is 11. The van der Waals surface area contributed by atoms with Crippen molar-refractivity contribution in [3.8, 4) is 0 Å². The van der Waals surface area contributed by atoms with Crippen LogP contribution in [-0.2, 0) is 38.8 Å². The first-order chi connectivity index (χ1) is 33.2. The number of ether oxygens (including phenoxy) is 4. The molecular formula is C53H42N4O11. The molecule has 0 radical (unpaired) electrons. The number of nitroso groups, excluding NO2 is 1. The number of carboxylic acid groups (broad SMARTS) is 1. The van der Waals surface area contributed by atoms with Gasteiger partial charge in [0.15, 0.2) is 5.82 Å². The summed E-state index contributed by atoms with van der Waals surface area (Å²) in [6.07, 6.45) is 6.48. The van der Waals surface area contributed by atoms with E-state index in [4.69, 9.17) is 18.9 Å². The van der Waals surface area contributed by atoms with E-state index in [9.17, 15) is 34.0 Å². The van der Waals surface area contributed by atoms with Crippen molar-refractivity contribution in [1.82, 2.24) is 13.2 Å². The molecule has 0 aliphatic heterocycles. The molecule has 1 N–H and O–H groups in total. The largest absolute Gasteiger partial charge is 0.477 e. The maximum absolute atomic E-state index is 12.5. The quantitative estimate of drug-likeness (QED) is 0.0474. The molecule has 0 fully saturated rings. The zero-order chi connectivity index (χ0) is 47.8. The van der Waals surface area contributed by atoms with Gasteiger partial charge in [0.25, 0.3) is 0 Å². The molecule has 9 rings (SSSR count). The Labute approximate surface area is 388 Å². The molecule has 0 aliphatic carbocycles. The van der Waals surface area contributed by atoms with Crippen molar-refractivity contribution in [2.24, 2.45) is 5.18 Å². The normalized spacial score (nSPS) is 10.5. The van der Waals surface area contributed by atoms with Crippen molar-refractivity contribution in [2.75, 3.05) is 6.61 Å². The molecule has 68 heavy (non-hydrogen) atoms. The number of fused-ring (bicyclic) bond motifs is 3. The number of carbonyl (C=O) groups excluding carboxylic acids is 4. The number of benzene rings is 3. The second-order valence-electron chi connectivity index (χ2n) is 14.6. The van der Waals surface area contributed by atoms with Crippen molar-refractivity contribution < 1.29 is 48.0 Å². The van der Waals surface area contributed by atoms with E-state index in [-0.39, 0.29) is 49.2 Å². The molecular weight excluding hydrogens is 869 g/mol. The number of esters is 4. The summed E-state index contributed by atoms with van der Waals surface area (Å²) in [4.78, 5) is 71.2. The molecule has 340 valence electrons. The molecule has 0 saturated heterocycles. The van der Waals surface area contributed by atoms with Crippen LogP contribution in [0.1, 0.15) is 68.7 Å². The highest BCUT2D eigenvalue weighted by molar-refractivity contribution is 6.03. The fourth-order valence-electron chi connectivity index (χ4n) is 6.93. The van der Waals surface area contributed by atoms with Crippen molar-refractivity contribution >= 4 is 52.2 Å². The Morgan fingerprint density at radius 1 is 0.471 bits per heavy atom. The summed E-state index contributed by atoms with van der Waals surface area (Å²) in [7, 11) is 0. The number of carbonyl (C=O) groups is 5. The third kappa shape index (κ3) is 11.3. The fourth-order valence-corrected chi connectivity index (χ4v) is 6.93. The fraction of sp³-hybridized carbons (Fsp3) is 0.0755. The Morgan fingerprint density at radius 2 is 0.838 bits per heavy atom. The van der Waals surface area contributed by atoms with Gasteiger partial charge in [-0.2, -0.15) is 0 Å². The van der Waals surface area contributed by atoms with Gasteiger partial charge in [0, 0.05) is 24.7 Å². The Hall–Kier alpha value is -9.37. The molecule has 0 bridgehead atoms. The highest BCUT2D eigenvalue weighted by Gasteiger charge is 2.22. The van der Waals surface area contributed by atoms with Crippen LogP contribution in [0.25, 0.3) is 16.6 Å². The Kier molecular flexibility index (Phi) is 15.4. The van der Waals surface area contributed by atoms with Crippen molar-refractivity contribution in [1.29, 1.82) is 0 Å². The van der Waals surface area contributed by atoms with E-state index in [0.29, 0.717) is 27.7 Å². The van der Waals surface area contributed by atoms with Crippen molar-refractivity contribution in [3.63, 3.8) is 0 Å². The van der Waals surface area contributed by atoms with Gasteiger partial charge >= 0.3 is 29.8 Å². The zero-order valence-corrected chi connectivity index (χ0v) is 36.3. The van der Waals surface area contributed by atoms with Crippen LogP contribution in [0.5, 0.6) is 0 Å². The van der Waals surface area contributed by atoms with E-state index < -0.39 is 29.8 Å². The van der Waals surface area contributed by atoms with Gasteiger partial charge in [-0.3, -0.25) is 4.40 Å². The lowest BCUT2D eigenvalue weighted by molar-refractivity contribution is 0.0466. The molecule has 9 aromatic rings. The first-order valence-electron chi connectivity index (χ1n) is 20.9. The van der Waals surface area contributed by atoms with Gasteiger partial charge in [0.1, 0.15) is 37.8 Å². The third-order valence-electron chi connectivity index (χ3n) is 10.2. The number of nitrogens with zero attached hydrogens (tertiary/aromatic N) is 4. The van der Waals surface area contributed by atoms with E-state index in [1.807, 2.05) is 91.0 Å². The number of carboxylic acids is 1. The first-order valence-corrected chi connectivity index (χ1v) is 20.9. The van der Waals surface area contributed by atoms with E-state index in [0.717, 1.165) is 16.7 Å². The number of hydrogen-bond donors (Lipinski definition) is 1. The minimum Gasteiger partial charge on any atom is -0.477 e. The van der Waals surface area contributed by atoms with Gasteiger partial charge in [-0.15, -0.1) is 4.91 Å². The number of pyridine rings is 3. The van der Waals surface area contributed by atoms with E-state index >= 15 is 0 Å². The number of rotatable bonds is 14. The Morgan fingerprint density at radius 3 is 1.25 bits per heavy atom. The highest BCUT2D eigenvalue weighted by Crippen LogP contribution is 2.25. The van der Waals surface area contributed by atoms with E-state index in [2.05, 4.69) is 11.8 Å². The lowest BCUT2D eigenvalue weighted by Gasteiger charge is -2.04. The predicted molar refractivity (Wildman–Crippen MR) is 252 cm³/mol. The minimum absolute atomic E-state index is 0.0299. The van der Waals surface area contributed by atoms with Crippen LogP contribution in [0.2, 0.25) is 0 Å². The van der Waals surface area contributed by atoms with Crippen LogP contribution in [0.15, 0.2) is 200 Å². The summed E-state index contributed by atoms with van der Waals surface area (Å²) >= 11 is 0. The maximum atomic E-state index is 12.5. The summed E-state index contributed by atoms with van der Waals surface area (Å²) in [5.74, 6) is -2.95. The zero-order valence-electron chi connectivity index (χ0n) is 36.3. The van der Waals surface area contributed by atoms with Crippen molar-refractivity contribution in [3.05, 3.63) is 245 Å². The molecule has 0 spiro atoms. The molecule has 0 amide bonds. The lowest BCUT2D eigenvalue weighted by Crippen LogP contribution is -2.07. The highest BCUT2D eigenvalue weighted by atomic mass is 16.5. The molecule has 15 nitrogen and oxygen atoms in total. The van der Waals surface area contributed by atoms with Gasteiger partial charge in [-0.1, -0.05) is 122 Å². The molecule has 0 atom stereocenters. The lowest BCUT2D eigenvalue weighted by atomic mass is 10.2. The topological polar surface area (TPSA) is 185 Å². The molecule has 0 aliphatic rings. The monoisotopic (exact) mass is 910 g/mol. The van der Waals surface area contributed by atoms with Crippen LogP contribution < -0.4 is 0 Å². The number of aromatic nitrogens is 3. The van der Waals surface area contributed by atoms with Crippen LogP contribution in [-0.4, -0.2) is 54.8 Å². The van der Waals surface area contributed by atoms with Gasteiger partial charge < -0.3 is 32.9 Å². The van der Waals surface area contributed by atoms with Crippen LogP contribution >= 0.6 is 0 Å². The summed E-state index contributed by atoms with van der Waals surface area (Å²) in [6, 6.07) is 48.2. The minimum atomic E-state index is -1.09. The Balaban J connectivity index is 0.000000152. The van der Waals surface area contributed by atoms with Gasteiger partial charge in [-0.05, 0) is 70.4 Å². The SMILES string of the molecule is C=CCOC(=O)c1cc(C(=O)OCc2ccccc2)c2ccccn12.O=C(OCc1ccccc1)c1cc(C(=O)O)n2ccccc12.O=Nc1cc(C(=O)OCc2ccccc2)c2ccccn12. The van der Waals surface area contributed by atoms with Crippen molar-refractivity contribution in [2.45, 2.75) is 19.8 Å². The van der Waals surface area contributed by atoms with Crippen LogP contribution in [0.3, 0.4) is 0 Å². The Bertz CT molecular complexity index is 3230. The molecule has 3 aromatic carbocycles. The second-order valence-corrected chi connectivity index (χ2v) is 14.6. The average Bonchev–Trinajstić information content (AvgIpc) is 4.10. The third-order valence-corrected chi connectivity index (χ3v) is 10.2. The predicted octanol–water partition coefficient (Wildman–Crippen LogP) is 10.3. The van der Waals surface area contributed by atoms with Crippen LogP contribution in [0, 0.1) is 4.91 Å². The molecule has 0 unspecified atom stereocenters. The summed E-state index contributed by atoms with van der Waals surface area (Å²) in [5, 5.41) is 12.1.